The molecular formula is C6H10ClNO3. The SMILES string of the molecule is COC(=O)[C@@H]1C[C@@H](OCl)CN1. The summed E-state index contributed by atoms with van der Waals surface area (Å²) in [6.07, 6.45) is 0.497. The van der Waals surface area contributed by atoms with Crippen LogP contribution in [0.4, 0.5) is 0 Å². The van der Waals surface area contributed by atoms with Gasteiger partial charge in [0.15, 0.2) is 0 Å². The highest BCUT2D eigenvalue weighted by atomic mass is 35.5. The highest BCUT2D eigenvalue weighted by molar-refractivity contribution is 6.07. The van der Waals surface area contributed by atoms with Gasteiger partial charge in [0.2, 0.25) is 0 Å². The maximum Gasteiger partial charge on any atom is 0.322 e. The van der Waals surface area contributed by atoms with E-state index in [1.165, 1.54) is 7.11 Å². The third-order valence-corrected chi connectivity index (χ3v) is 1.95. The smallest absolute Gasteiger partial charge is 0.322 e. The molecule has 2 atom stereocenters. The third-order valence-electron chi connectivity index (χ3n) is 1.70. The Morgan fingerprint density at radius 2 is 2.45 bits per heavy atom. The van der Waals surface area contributed by atoms with Gasteiger partial charge in [-0.05, 0) is 0 Å². The normalized spacial score (nSPS) is 30.4. The first-order valence-corrected chi connectivity index (χ1v) is 3.67. The van der Waals surface area contributed by atoms with E-state index in [1.54, 1.807) is 0 Å². The maximum atomic E-state index is 10.9. The Morgan fingerprint density at radius 3 is 2.91 bits per heavy atom. The molecule has 0 aromatic carbocycles. The first-order chi connectivity index (χ1) is 5.27. The molecule has 0 saturated carbocycles. The summed E-state index contributed by atoms with van der Waals surface area (Å²) >= 11 is 5.13. The predicted molar refractivity (Wildman–Crippen MR) is 39.1 cm³/mol. The average Bonchev–Trinajstić information content (AvgIpc) is 2.50. The van der Waals surface area contributed by atoms with Crippen molar-refractivity contribution in [2.45, 2.75) is 18.6 Å². The van der Waals surface area contributed by atoms with Crippen molar-refractivity contribution in [1.82, 2.24) is 5.32 Å². The Bertz CT molecular complexity index is 153. The van der Waals surface area contributed by atoms with Gasteiger partial charge in [-0.25, -0.2) is 0 Å². The zero-order chi connectivity index (χ0) is 8.27. The lowest BCUT2D eigenvalue weighted by Crippen LogP contribution is -2.31. The van der Waals surface area contributed by atoms with Crippen LogP contribution in [-0.4, -0.2) is 31.8 Å². The molecule has 1 aliphatic rings. The highest BCUT2D eigenvalue weighted by Gasteiger charge is 2.30. The minimum atomic E-state index is -0.263. The summed E-state index contributed by atoms with van der Waals surface area (Å²) in [5.41, 5.74) is 0. The molecule has 1 saturated heterocycles. The minimum Gasteiger partial charge on any atom is -0.468 e. The van der Waals surface area contributed by atoms with Crippen molar-refractivity contribution in [2.75, 3.05) is 13.7 Å². The number of halogens is 1. The third kappa shape index (κ3) is 2.05. The van der Waals surface area contributed by atoms with E-state index in [2.05, 4.69) is 14.3 Å². The molecule has 0 bridgehead atoms. The Hall–Kier alpha value is -0.320. The number of methoxy groups -OCH3 is 1. The Morgan fingerprint density at radius 1 is 1.73 bits per heavy atom. The molecule has 4 nitrogen and oxygen atoms in total. The largest absolute Gasteiger partial charge is 0.468 e. The van der Waals surface area contributed by atoms with Gasteiger partial charge >= 0.3 is 5.97 Å². The molecule has 0 aromatic rings. The molecule has 5 heteroatoms. The number of ether oxygens (including phenoxy) is 1. The van der Waals surface area contributed by atoms with E-state index in [0.29, 0.717) is 13.0 Å². The second kappa shape index (κ2) is 3.90. The molecule has 1 heterocycles. The Labute approximate surface area is 70.0 Å². The number of carbonyl (C=O) groups excluding carboxylic acids is 1. The molecule has 1 N–H and O–H groups in total. The number of rotatable bonds is 2. The lowest BCUT2D eigenvalue weighted by atomic mass is 10.2. The molecule has 1 aliphatic heterocycles. The fourth-order valence-electron chi connectivity index (χ4n) is 1.09. The van der Waals surface area contributed by atoms with E-state index in [1.807, 2.05) is 0 Å². The van der Waals surface area contributed by atoms with Crippen molar-refractivity contribution < 1.29 is 13.8 Å². The van der Waals surface area contributed by atoms with Crippen molar-refractivity contribution in [2.24, 2.45) is 0 Å². The van der Waals surface area contributed by atoms with Crippen LogP contribution in [0.3, 0.4) is 0 Å². The number of nitrogens with one attached hydrogen (secondary N) is 1. The van der Waals surface area contributed by atoms with E-state index in [4.69, 9.17) is 11.9 Å². The molecule has 0 spiro atoms. The molecule has 0 aliphatic carbocycles. The predicted octanol–water partition coefficient (Wildman–Crippen LogP) is 0.0603. The fourth-order valence-corrected chi connectivity index (χ4v) is 1.23. The van der Waals surface area contributed by atoms with Crippen LogP contribution < -0.4 is 5.32 Å². The molecule has 64 valence electrons. The Balaban J connectivity index is 2.35. The summed E-state index contributed by atoms with van der Waals surface area (Å²) in [6, 6.07) is -0.260. The fraction of sp³-hybridized carbons (Fsp3) is 0.833. The van der Waals surface area contributed by atoms with Crippen LogP contribution in [0.1, 0.15) is 6.42 Å². The van der Waals surface area contributed by atoms with E-state index in [-0.39, 0.29) is 18.1 Å². The van der Waals surface area contributed by atoms with Crippen molar-refractivity contribution in [1.29, 1.82) is 0 Å². The minimum absolute atomic E-state index is 0.0826. The van der Waals surface area contributed by atoms with Crippen LogP contribution in [0.5, 0.6) is 0 Å². The topological polar surface area (TPSA) is 47.6 Å². The van der Waals surface area contributed by atoms with Gasteiger partial charge in [-0.1, -0.05) is 0 Å². The number of carbonyl (C=O) groups is 1. The highest BCUT2D eigenvalue weighted by Crippen LogP contribution is 2.12. The first-order valence-electron chi connectivity index (χ1n) is 3.36. The van der Waals surface area contributed by atoms with Crippen LogP contribution in [0.2, 0.25) is 0 Å². The summed E-state index contributed by atoms with van der Waals surface area (Å²) in [7, 11) is 1.36. The zero-order valence-corrected chi connectivity index (χ0v) is 6.93. The van der Waals surface area contributed by atoms with Crippen LogP contribution in [0.15, 0.2) is 0 Å². The second-order valence-corrected chi connectivity index (χ2v) is 2.61. The summed E-state index contributed by atoms with van der Waals surface area (Å²) < 4.78 is 9.06. The van der Waals surface area contributed by atoms with E-state index in [9.17, 15) is 4.79 Å². The van der Waals surface area contributed by atoms with Crippen molar-refractivity contribution in [3.05, 3.63) is 0 Å². The molecule has 1 fully saturated rings. The van der Waals surface area contributed by atoms with Gasteiger partial charge in [0.05, 0.1) is 25.1 Å². The molecule has 11 heavy (non-hydrogen) atoms. The summed E-state index contributed by atoms with van der Waals surface area (Å²) in [5.74, 6) is -0.263. The van der Waals surface area contributed by atoms with E-state index in [0.717, 1.165) is 0 Å². The van der Waals surface area contributed by atoms with Gasteiger partial charge in [0.25, 0.3) is 0 Å². The van der Waals surface area contributed by atoms with Crippen LogP contribution in [-0.2, 0) is 13.8 Å². The Kier molecular flexibility index (Phi) is 3.11. The second-order valence-electron chi connectivity index (χ2n) is 2.43. The molecule has 0 radical (unpaired) electrons. The van der Waals surface area contributed by atoms with Crippen molar-refractivity contribution in [3.63, 3.8) is 0 Å². The van der Waals surface area contributed by atoms with Crippen LogP contribution in [0, 0.1) is 0 Å². The van der Waals surface area contributed by atoms with Gasteiger partial charge < -0.3 is 10.1 Å². The van der Waals surface area contributed by atoms with Gasteiger partial charge in [0, 0.05) is 13.0 Å². The summed E-state index contributed by atoms with van der Waals surface area (Å²) in [4.78, 5) is 10.9. The van der Waals surface area contributed by atoms with E-state index < -0.39 is 0 Å². The molecule has 0 unspecified atom stereocenters. The summed E-state index contributed by atoms with van der Waals surface area (Å²) in [6.45, 7) is 0.600. The molecular weight excluding hydrogens is 170 g/mol. The first kappa shape index (κ1) is 8.77. The van der Waals surface area contributed by atoms with Crippen molar-refractivity contribution >= 4 is 17.8 Å². The monoisotopic (exact) mass is 179 g/mol. The number of esters is 1. The van der Waals surface area contributed by atoms with Crippen LogP contribution in [0.25, 0.3) is 0 Å². The molecule has 1 rings (SSSR count). The van der Waals surface area contributed by atoms with Gasteiger partial charge in [-0.3, -0.25) is 9.08 Å². The van der Waals surface area contributed by atoms with Gasteiger partial charge in [0.1, 0.15) is 6.04 Å². The lowest BCUT2D eigenvalue weighted by molar-refractivity contribution is -0.142. The molecule has 0 amide bonds. The average molecular weight is 180 g/mol. The van der Waals surface area contributed by atoms with Gasteiger partial charge in [-0.2, -0.15) is 0 Å². The number of hydrogen-bond donors (Lipinski definition) is 1. The summed E-state index contributed by atoms with van der Waals surface area (Å²) in [5, 5.41) is 2.92. The zero-order valence-electron chi connectivity index (χ0n) is 6.17. The molecule has 0 aromatic heterocycles. The maximum absolute atomic E-state index is 10.9. The quantitative estimate of drug-likeness (QED) is 0.609. The van der Waals surface area contributed by atoms with Crippen LogP contribution >= 0.6 is 11.9 Å². The van der Waals surface area contributed by atoms with Gasteiger partial charge in [-0.15, -0.1) is 0 Å². The standard InChI is InChI=1S/C6H10ClNO3/c1-10-6(9)5-2-4(11-7)3-8-5/h4-5,8H,2-3H2,1H3/t4-,5+/m1/s1. The number of hydrogen-bond acceptors (Lipinski definition) is 4. The lowest BCUT2D eigenvalue weighted by Gasteiger charge is -2.05. The van der Waals surface area contributed by atoms with E-state index >= 15 is 0 Å². The van der Waals surface area contributed by atoms with Crippen molar-refractivity contribution in [3.8, 4) is 0 Å².